The summed E-state index contributed by atoms with van der Waals surface area (Å²) in [5.41, 5.74) is -0.0734. The second-order valence-electron chi connectivity index (χ2n) is 7.04. The third-order valence-corrected chi connectivity index (χ3v) is 5.20. The number of piperidine rings is 1. The third-order valence-electron chi connectivity index (χ3n) is 4.70. The topological polar surface area (TPSA) is 53.1 Å². The van der Waals surface area contributed by atoms with Crippen LogP contribution in [-0.4, -0.2) is 28.2 Å². The maximum atomic E-state index is 13.3. The third kappa shape index (κ3) is 6.17. The van der Waals surface area contributed by atoms with E-state index in [0.29, 0.717) is 30.6 Å². The molecule has 1 aromatic heterocycles. The highest BCUT2D eigenvalue weighted by molar-refractivity contribution is 7.80. The standard InChI is InChI=1S/C19H21ClF3N5S/c1-12-6-8-28(9-7-12)16-10-15(19(21,22)23)25-17(26-16)27-18(29)24-11-13-2-4-14(20)5-3-13/h2-5,10,12H,6-9,11H2,1H3,(H2,24,25,26,27,29). The maximum absolute atomic E-state index is 13.3. The lowest BCUT2D eigenvalue weighted by Crippen LogP contribution is -2.34. The number of thiocarbonyl (C=S) groups is 1. The molecule has 0 unspecified atom stereocenters. The van der Waals surface area contributed by atoms with Gasteiger partial charge in [0.2, 0.25) is 5.95 Å². The van der Waals surface area contributed by atoms with Gasteiger partial charge in [-0.3, -0.25) is 0 Å². The van der Waals surface area contributed by atoms with E-state index in [1.165, 1.54) is 0 Å². The van der Waals surface area contributed by atoms with E-state index in [1.54, 1.807) is 12.1 Å². The number of hydrogen-bond donors (Lipinski definition) is 2. The first-order valence-electron chi connectivity index (χ1n) is 9.21. The molecule has 1 aromatic carbocycles. The molecule has 2 aromatic rings. The highest BCUT2D eigenvalue weighted by atomic mass is 35.5. The van der Waals surface area contributed by atoms with Crippen LogP contribution < -0.4 is 15.5 Å². The van der Waals surface area contributed by atoms with Gasteiger partial charge in [-0.2, -0.15) is 18.2 Å². The predicted molar refractivity (Wildman–Crippen MR) is 112 cm³/mol. The number of aromatic nitrogens is 2. The lowest BCUT2D eigenvalue weighted by Gasteiger charge is -2.31. The zero-order valence-electron chi connectivity index (χ0n) is 15.8. The Kier molecular flexibility index (Phi) is 6.79. The van der Waals surface area contributed by atoms with E-state index in [0.717, 1.165) is 24.5 Å². The van der Waals surface area contributed by atoms with E-state index in [1.807, 2.05) is 17.0 Å². The molecule has 1 aliphatic heterocycles. The van der Waals surface area contributed by atoms with E-state index in [9.17, 15) is 13.2 Å². The van der Waals surface area contributed by atoms with Crippen LogP contribution in [0.15, 0.2) is 30.3 Å². The van der Waals surface area contributed by atoms with Crippen LogP contribution in [0.5, 0.6) is 0 Å². The molecule has 0 radical (unpaired) electrons. The Bertz CT molecular complexity index is 852. The molecule has 0 amide bonds. The fourth-order valence-electron chi connectivity index (χ4n) is 2.97. The lowest BCUT2D eigenvalue weighted by atomic mass is 9.99. The van der Waals surface area contributed by atoms with Gasteiger partial charge in [0.15, 0.2) is 10.8 Å². The molecule has 1 aliphatic rings. The van der Waals surface area contributed by atoms with Gasteiger partial charge in [-0.1, -0.05) is 30.7 Å². The van der Waals surface area contributed by atoms with Crippen molar-refractivity contribution in [1.82, 2.24) is 15.3 Å². The van der Waals surface area contributed by atoms with Crippen LogP contribution >= 0.6 is 23.8 Å². The summed E-state index contributed by atoms with van der Waals surface area (Å²) in [6, 6.07) is 8.14. The zero-order chi connectivity index (χ0) is 21.0. The second-order valence-corrected chi connectivity index (χ2v) is 7.88. The molecule has 5 nitrogen and oxygen atoms in total. The van der Waals surface area contributed by atoms with Crippen LogP contribution in [0.3, 0.4) is 0 Å². The minimum Gasteiger partial charge on any atom is -0.358 e. The normalized spacial score (nSPS) is 15.3. The Morgan fingerprint density at radius 1 is 1.21 bits per heavy atom. The fraction of sp³-hybridized carbons (Fsp3) is 0.421. The minimum absolute atomic E-state index is 0.137. The summed E-state index contributed by atoms with van der Waals surface area (Å²) in [5, 5.41) is 6.36. The summed E-state index contributed by atoms with van der Waals surface area (Å²) in [7, 11) is 0. The average molecular weight is 444 g/mol. The molecule has 2 heterocycles. The molecule has 10 heteroatoms. The van der Waals surface area contributed by atoms with Crippen LogP contribution in [0, 0.1) is 5.92 Å². The predicted octanol–water partition coefficient (Wildman–Crippen LogP) is 4.87. The Morgan fingerprint density at radius 2 is 1.86 bits per heavy atom. The second kappa shape index (κ2) is 9.13. The van der Waals surface area contributed by atoms with Crippen molar-refractivity contribution in [3.63, 3.8) is 0 Å². The van der Waals surface area contributed by atoms with Gasteiger partial charge in [-0.25, -0.2) is 4.98 Å². The van der Waals surface area contributed by atoms with Crippen LogP contribution in [0.25, 0.3) is 0 Å². The Balaban J connectivity index is 1.72. The number of hydrogen-bond acceptors (Lipinski definition) is 4. The first-order chi connectivity index (χ1) is 13.7. The van der Waals surface area contributed by atoms with Crippen molar-refractivity contribution in [1.29, 1.82) is 0 Å². The fourth-order valence-corrected chi connectivity index (χ4v) is 3.26. The molecule has 1 fully saturated rings. The van der Waals surface area contributed by atoms with Crippen molar-refractivity contribution < 1.29 is 13.2 Å². The summed E-state index contributed by atoms with van der Waals surface area (Å²) in [6.45, 7) is 3.84. The molecule has 0 atom stereocenters. The molecule has 1 saturated heterocycles. The Morgan fingerprint density at radius 3 is 2.48 bits per heavy atom. The van der Waals surface area contributed by atoms with E-state index in [-0.39, 0.29) is 16.9 Å². The maximum Gasteiger partial charge on any atom is 0.433 e. The summed E-state index contributed by atoms with van der Waals surface area (Å²) in [4.78, 5) is 9.72. The van der Waals surface area contributed by atoms with Crippen LogP contribution in [0.4, 0.5) is 24.9 Å². The van der Waals surface area contributed by atoms with Gasteiger partial charge in [0.1, 0.15) is 5.82 Å². The highest BCUT2D eigenvalue weighted by Gasteiger charge is 2.34. The Hall–Kier alpha value is -2.13. The molecule has 3 rings (SSSR count). The van der Waals surface area contributed by atoms with E-state index < -0.39 is 11.9 Å². The first-order valence-corrected chi connectivity index (χ1v) is 10.00. The average Bonchev–Trinajstić information content (AvgIpc) is 2.67. The van der Waals surface area contributed by atoms with E-state index in [4.69, 9.17) is 23.8 Å². The van der Waals surface area contributed by atoms with Crippen LogP contribution in [0.1, 0.15) is 31.0 Å². The highest BCUT2D eigenvalue weighted by Crippen LogP contribution is 2.31. The number of rotatable bonds is 4. The van der Waals surface area contributed by atoms with Crippen molar-refractivity contribution in [2.24, 2.45) is 5.92 Å². The van der Waals surface area contributed by atoms with Gasteiger partial charge >= 0.3 is 6.18 Å². The van der Waals surface area contributed by atoms with Gasteiger partial charge < -0.3 is 15.5 Å². The minimum atomic E-state index is -4.57. The summed E-state index contributed by atoms with van der Waals surface area (Å²) in [5.74, 6) is 0.627. The van der Waals surface area contributed by atoms with Crippen molar-refractivity contribution in [2.45, 2.75) is 32.5 Å². The van der Waals surface area contributed by atoms with E-state index >= 15 is 0 Å². The van der Waals surface area contributed by atoms with E-state index in [2.05, 4.69) is 27.5 Å². The summed E-state index contributed by atoms with van der Waals surface area (Å²) in [6.07, 6.45) is -2.75. The largest absolute Gasteiger partial charge is 0.433 e. The van der Waals surface area contributed by atoms with Crippen LogP contribution in [-0.2, 0) is 12.7 Å². The van der Waals surface area contributed by atoms with Crippen LogP contribution in [0.2, 0.25) is 5.02 Å². The molecule has 0 saturated carbocycles. The van der Waals surface area contributed by atoms with Crippen molar-refractivity contribution >= 4 is 40.7 Å². The number of halogens is 4. The lowest BCUT2D eigenvalue weighted by molar-refractivity contribution is -0.141. The first kappa shape index (κ1) is 21.6. The van der Waals surface area contributed by atoms with Gasteiger partial charge in [-0.05, 0) is 48.7 Å². The molecule has 0 aliphatic carbocycles. The summed E-state index contributed by atoms with van der Waals surface area (Å²) < 4.78 is 40.0. The molecule has 0 bridgehead atoms. The molecule has 2 N–H and O–H groups in total. The molecule has 0 spiro atoms. The van der Waals surface area contributed by atoms with Gasteiger partial charge in [-0.15, -0.1) is 0 Å². The monoisotopic (exact) mass is 443 g/mol. The Labute approximate surface area is 177 Å². The van der Waals surface area contributed by atoms with Gasteiger partial charge in [0, 0.05) is 30.7 Å². The van der Waals surface area contributed by atoms with Gasteiger partial charge in [0.05, 0.1) is 0 Å². The molecule has 156 valence electrons. The number of nitrogens with zero attached hydrogens (tertiary/aromatic N) is 3. The molecular weight excluding hydrogens is 423 g/mol. The SMILES string of the molecule is CC1CCN(c2cc(C(F)(F)F)nc(NC(=S)NCc3ccc(Cl)cc3)n2)CC1. The number of nitrogens with one attached hydrogen (secondary N) is 2. The van der Waals surface area contributed by atoms with Crippen molar-refractivity contribution in [3.05, 3.63) is 46.6 Å². The summed E-state index contributed by atoms with van der Waals surface area (Å²) >= 11 is 11.0. The van der Waals surface area contributed by atoms with Crippen molar-refractivity contribution in [2.75, 3.05) is 23.3 Å². The smallest absolute Gasteiger partial charge is 0.358 e. The molecule has 29 heavy (non-hydrogen) atoms. The number of anilines is 2. The van der Waals surface area contributed by atoms with Gasteiger partial charge in [0.25, 0.3) is 0 Å². The quantitative estimate of drug-likeness (QED) is 0.657. The molecular formula is C19H21ClF3N5S. The zero-order valence-corrected chi connectivity index (χ0v) is 17.3. The van der Waals surface area contributed by atoms with Crippen molar-refractivity contribution in [3.8, 4) is 0 Å². The number of benzene rings is 1. The number of alkyl halides is 3.